The molecule has 0 spiro atoms. The number of hydrogen-bond acceptors (Lipinski definition) is 3. The van der Waals surface area contributed by atoms with E-state index in [2.05, 4.69) is 205 Å². The van der Waals surface area contributed by atoms with Crippen LogP contribution in [0.2, 0.25) is 0 Å². The highest BCUT2D eigenvalue weighted by Crippen LogP contribution is 2.41. The van der Waals surface area contributed by atoms with Crippen molar-refractivity contribution in [1.29, 1.82) is 0 Å². The summed E-state index contributed by atoms with van der Waals surface area (Å²) >= 11 is 1.85. The molecule has 51 heavy (non-hydrogen) atoms. The van der Waals surface area contributed by atoms with Crippen molar-refractivity contribution in [3.05, 3.63) is 206 Å². The third-order valence-electron chi connectivity index (χ3n) is 9.60. The highest BCUT2D eigenvalue weighted by Gasteiger charge is 2.17. The number of thiophene rings is 1. The Bertz CT molecular complexity index is 2640. The van der Waals surface area contributed by atoms with Gasteiger partial charge >= 0.3 is 0 Å². The number of fused-ring (bicyclic) bond motifs is 4. The summed E-state index contributed by atoms with van der Waals surface area (Å²) in [6, 6.07) is 60.4. The van der Waals surface area contributed by atoms with E-state index < -0.39 is 0 Å². The molecule has 0 saturated heterocycles. The minimum atomic E-state index is 0.976. The van der Waals surface area contributed by atoms with Crippen molar-refractivity contribution in [2.75, 3.05) is 10.2 Å². The third kappa shape index (κ3) is 5.84. The summed E-state index contributed by atoms with van der Waals surface area (Å²) in [5, 5.41) is 6.46. The second kappa shape index (κ2) is 13.1. The molecule has 0 aliphatic carbocycles. The van der Waals surface area contributed by atoms with E-state index in [0.29, 0.717) is 0 Å². The highest BCUT2D eigenvalue weighted by atomic mass is 32.1. The molecule has 1 aromatic heterocycles. The quantitative estimate of drug-likeness (QED) is 0.189. The summed E-state index contributed by atoms with van der Waals surface area (Å²) in [6.07, 6.45) is 6.56. The fourth-order valence-electron chi connectivity index (χ4n) is 7.09. The number of anilines is 4. The van der Waals surface area contributed by atoms with Gasteiger partial charge in [0.05, 0.1) is 5.69 Å². The summed E-state index contributed by atoms with van der Waals surface area (Å²) in [5.41, 5.74) is 13.3. The maximum atomic E-state index is 4.52. The Morgan fingerprint density at radius 1 is 0.490 bits per heavy atom. The van der Waals surface area contributed by atoms with Gasteiger partial charge in [0.2, 0.25) is 0 Å². The first-order chi connectivity index (χ1) is 25.2. The molecule has 2 nitrogen and oxygen atoms in total. The Labute approximate surface area is 302 Å². The first-order valence-corrected chi connectivity index (χ1v) is 18.0. The first-order valence-electron chi connectivity index (χ1n) is 17.2. The van der Waals surface area contributed by atoms with Gasteiger partial charge in [0, 0.05) is 60.1 Å². The monoisotopic (exact) mass is 670 g/mol. The van der Waals surface area contributed by atoms with Crippen LogP contribution >= 0.6 is 11.3 Å². The lowest BCUT2D eigenvalue weighted by Crippen LogP contribution is -2.11. The van der Waals surface area contributed by atoms with Gasteiger partial charge in [0.1, 0.15) is 0 Å². The zero-order chi connectivity index (χ0) is 34.1. The van der Waals surface area contributed by atoms with E-state index in [-0.39, 0.29) is 0 Å². The first kappa shape index (κ1) is 30.6. The second-order valence-corrected chi connectivity index (χ2v) is 13.9. The molecule has 0 bridgehead atoms. The maximum absolute atomic E-state index is 4.52. The van der Waals surface area contributed by atoms with E-state index in [4.69, 9.17) is 0 Å². The van der Waals surface area contributed by atoms with Gasteiger partial charge in [-0.25, -0.2) is 0 Å². The van der Waals surface area contributed by atoms with E-state index >= 15 is 0 Å². The van der Waals surface area contributed by atoms with Gasteiger partial charge in [-0.2, -0.15) is 0 Å². The van der Waals surface area contributed by atoms with Crippen molar-refractivity contribution in [1.82, 2.24) is 0 Å². The smallest absolute Gasteiger partial charge is 0.0533 e. The molecule has 0 radical (unpaired) electrons. The highest BCUT2D eigenvalue weighted by molar-refractivity contribution is 7.25. The van der Waals surface area contributed by atoms with Gasteiger partial charge in [0.25, 0.3) is 0 Å². The molecule has 1 N–H and O–H groups in total. The van der Waals surface area contributed by atoms with Crippen LogP contribution < -0.4 is 10.2 Å². The standard InChI is InChI=1S/C48H34N2S/c1-33-30-35(28-29-50(38-16-3-2-4-17-38)46-24-11-7-18-39(33)46)34-14-13-15-36(31-34)40-19-5-9-22-44(40)49-45-23-10-6-20-41(45)37-26-27-43-42-21-8-12-25-47(42)51-48(43)32-37/h2-32,49H,1H2/b29-28-,35-30+. The molecule has 2 heterocycles. The summed E-state index contributed by atoms with van der Waals surface area (Å²) < 4.78 is 2.62. The maximum Gasteiger partial charge on any atom is 0.0533 e. The van der Waals surface area contributed by atoms with E-state index in [9.17, 15) is 0 Å². The van der Waals surface area contributed by atoms with E-state index in [1.807, 2.05) is 11.3 Å². The van der Waals surface area contributed by atoms with Crippen LogP contribution in [-0.4, -0.2) is 0 Å². The molecule has 0 saturated carbocycles. The Balaban J connectivity index is 1.07. The SMILES string of the molecule is C=C1/C=C(c2cccc(-c3ccccc3Nc3ccccc3-c3ccc4c(c3)sc3ccccc34)c2)\C=C/N(c2ccccc2)c2ccccc21. The summed E-state index contributed by atoms with van der Waals surface area (Å²) in [5.74, 6) is 0. The average molecular weight is 671 g/mol. The molecule has 1 aliphatic heterocycles. The molecule has 0 unspecified atom stereocenters. The van der Waals surface area contributed by atoms with Crippen LogP contribution in [-0.2, 0) is 0 Å². The molecular weight excluding hydrogens is 637 g/mol. The van der Waals surface area contributed by atoms with Crippen LogP contribution in [0.4, 0.5) is 22.7 Å². The van der Waals surface area contributed by atoms with Crippen molar-refractivity contribution in [3.8, 4) is 22.3 Å². The van der Waals surface area contributed by atoms with Gasteiger partial charge in [-0.05, 0) is 88.5 Å². The Morgan fingerprint density at radius 2 is 1.12 bits per heavy atom. The lowest BCUT2D eigenvalue weighted by atomic mass is 9.94. The molecule has 242 valence electrons. The summed E-state index contributed by atoms with van der Waals surface area (Å²) in [6.45, 7) is 4.52. The van der Waals surface area contributed by atoms with Crippen molar-refractivity contribution >= 4 is 65.4 Å². The number of rotatable bonds is 6. The van der Waals surface area contributed by atoms with Gasteiger partial charge in [-0.15, -0.1) is 11.3 Å². The van der Waals surface area contributed by atoms with Gasteiger partial charge in [-0.1, -0.05) is 128 Å². The van der Waals surface area contributed by atoms with Crippen LogP contribution in [0.25, 0.3) is 53.6 Å². The molecule has 1 aliphatic rings. The molecule has 3 heteroatoms. The molecule has 7 aromatic carbocycles. The molecule has 8 aromatic rings. The summed E-state index contributed by atoms with van der Waals surface area (Å²) in [7, 11) is 0. The average Bonchev–Trinajstić information content (AvgIpc) is 3.56. The van der Waals surface area contributed by atoms with Crippen LogP contribution in [0.15, 0.2) is 195 Å². The molecule has 9 rings (SSSR count). The Morgan fingerprint density at radius 3 is 1.92 bits per heavy atom. The lowest BCUT2D eigenvalue weighted by Gasteiger charge is -2.26. The number of allylic oxidation sites excluding steroid dienone is 4. The predicted octanol–water partition coefficient (Wildman–Crippen LogP) is 13.9. The Hall–Kier alpha value is -6.42. The van der Waals surface area contributed by atoms with E-state index in [1.54, 1.807) is 0 Å². The zero-order valence-corrected chi connectivity index (χ0v) is 28.8. The number of benzene rings is 7. The topological polar surface area (TPSA) is 15.3 Å². The van der Waals surface area contributed by atoms with Crippen LogP contribution in [0.3, 0.4) is 0 Å². The Kier molecular flexibility index (Phi) is 7.88. The second-order valence-electron chi connectivity index (χ2n) is 12.8. The minimum absolute atomic E-state index is 0.976. The predicted molar refractivity (Wildman–Crippen MR) is 221 cm³/mol. The minimum Gasteiger partial charge on any atom is -0.355 e. The molecule has 0 amide bonds. The fourth-order valence-corrected chi connectivity index (χ4v) is 8.24. The number of nitrogens with one attached hydrogen (secondary N) is 1. The van der Waals surface area contributed by atoms with Gasteiger partial charge < -0.3 is 10.2 Å². The van der Waals surface area contributed by atoms with Crippen molar-refractivity contribution < 1.29 is 0 Å². The van der Waals surface area contributed by atoms with Crippen LogP contribution in [0, 0.1) is 0 Å². The molecule has 0 fully saturated rings. The van der Waals surface area contributed by atoms with E-state index in [0.717, 1.165) is 56.1 Å². The summed E-state index contributed by atoms with van der Waals surface area (Å²) in [4.78, 5) is 2.24. The third-order valence-corrected chi connectivity index (χ3v) is 10.7. The van der Waals surface area contributed by atoms with Crippen molar-refractivity contribution in [3.63, 3.8) is 0 Å². The fraction of sp³-hybridized carbons (Fsp3) is 0. The molecular formula is C48H34N2S. The number of nitrogens with zero attached hydrogens (tertiary/aromatic N) is 1. The molecule has 0 atom stereocenters. The number of para-hydroxylation sites is 4. The van der Waals surface area contributed by atoms with Crippen LogP contribution in [0.5, 0.6) is 0 Å². The number of hydrogen-bond donors (Lipinski definition) is 1. The lowest BCUT2D eigenvalue weighted by molar-refractivity contribution is 1.27. The largest absolute Gasteiger partial charge is 0.355 e. The van der Waals surface area contributed by atoms with Crippen LogP contribution in [0.1, 0.15) is 11.1 Å². The van der Waals surface area contributed by atoms with Crippen molar-refractivity contribution in [2.24, 2.45) is 0 Å². The van der Waals surface area contributed by atoms with Gasteiger partial charge in [-0.3, -0.25) is 0 Å². The normalized spacial score (nSPS) is 14.4. The van der Waals surface area contributed by atoms with E-state index in [1.165, 1.54) is 31.3 Å². The van der Waals surface area contributed by atoms with Gasteiger partial charge in [0.15, 0.2) is 0 Å². The zero-order valence-electron chi connectivity index (χ0n) is 28.0. The van der Waals surface area contributed by atoms with Crippen molar-refractivity contribution in [2.45, 2.75) is 0 Å².